The van der Waals surface area contributed by atoms with Crippen molar-refractivity contribution in [3.63, 3.8) is 0 Å². The van der Waals surface area contributed by atoms with E-state index in [1.54, 1.807) is 24.3 Å². The Morgan fingerprint density at radius 3 is 2.46 bits per heavy atom. The third-order valence-corrected chi connectivity index (χ3v) is 5.98. The van der Waals surface area contributed by atoms with Crippen LogP contribution in [-0.4, -0.2) is 22.2 Å². The number of para-hydroxylation sites is 1. The number of hydrogen-bond acceptors (Lipinski definition) is 4. The van der Waals surface area contributed by atoms with Crippen LogP contribution in [0, 0.1) is 0 Å². The minimum absolute atomic E-state index is 0.0333. The van der Waals surface area contributed by atoms with Crippen molar-refractivity contribution in [1.29, 1.82) is 0 Å². The molecule has 1 fully saturated rings. The molecule has 1 atom stereocenters. The Morgan fingerprint density at radius 2 is 1.79 bits per heavy atom. The molecule has 28 heavy (non-hydrogen) atoms. The molecule has 1 unspecified atom stereocenters. The predicted molar refractivity (Wildman–Crippen MR) is 115 cm³/mol. The maximum Gasteiger partial charge on any atom is 0.293 e. The maximum atomic E-state index is 12.8. The van der Waals surface area contributed by atoms with Gasteiger partial charge in [-0.15, -0.1) is 0 Å². The van der Waals surface area contributed by atoms with Crippen LogP contribution in [0.25, 0.3) is 6.08 Å². The Bertz CT molecular complexity index is 925. The van der Waals surface area contributed by atoms with Crippen LogP contribution in [0.15, 0.2) is 47.4 Å². The molecule has 0 aliphatic carbocycles. The lowest BCUT2D eigenvalue weighted by Gasteiger charge is -2.15. The number of hydrogen-bond donors (Lipinski definition) is 0. The van der Waals surface area contributed by atoms with E-state index >= 15 is 0 Å². The number of benzene rings is 2. The minimum Gasteiger partial charge on any atom is -0.490 e. The zero-order valence-electron chi connectivity index (χ0n) is 15.4. The standard InChI is InChI=1S/C21H19Cl2NO3S/c1-3-13(2)27-18-10-5-4-7-14(18)11-19-20(25)24(21(26)28-19)12-15-16(22)8-6-9-17(15)23/h4-11,13H,3,12H2,1-2H3. The van der Waals surface area contributed by atoms with Gasteiger partial charge in [0.1, 0.15) is 5.75 Å². The van der Waals surface area contributed by atoms with Crippen molar-refractivity contribution < 1.29 is 14.3 Å². The van der Waals surface area contributed by atoms with E-state index < -0.39 is 0 Å². The molecule has 2 aromatic carbocycles. The number of halogens is 2. The Labute approximate surface area is 178 Å². The van der Waals surface area contributed by atoms with Gasteiger partial charge in [-0.1, -0.05) is 54.4 Å². The van der Waals surface area contributed by atoms with Gasteiger partial charge in [-0.05, 0) is 49.4 Å². The summed E-state index contributed by atoms with van der Waals surface area (Å²) in [6, 6.07) is 12.5. The van der Waals surface area contributed by atoms with E-state index in [0.29, 0.717) is 26.3 Å². The summed E-state index contributed by atoms with van der Waals surface area (Å²) < 4.78 is 5.92. The highest BCUT2D eigenvalue weighted by Crippen LogP contribution is 2.36. The summed E-state index contributed by atoms with van der Waals surface area (Å²) in [5.74, 6) is 0.308. The zero-order valence-corrected chi connectivity index (χ0v) is 17.8. The van der Waals surface area contributed by atoms with Crippen molar-refractivity contribution in [3.05, 3.63) is 68.5 Å². The van der Waals surface area contributed by atoms with Gasteiger partial charge in [0.25, 0.3) is 11.1 Å². The molecular weight excluding hydrogens is 417 g/mol. The van der Waals surface area contributed by atoms with Gasteiger partial charge in [0, 0.05) is 21.2 Å². The number of imide groups is 1. The molecule has 0 radical (unpaired) electrons. The molecule has 7 heteroatoms. The highest BCUT2D eigenvalue weighted by Gasteiger charge is 2.36. The topological polar surface area (TPSA) is 46.6 Å². The number of nitrogens with zero attached hydrogens (tertiary/aromatic N) is 1. The fourth-order valence-corrected chi connectivity index (χ4v) is 3.97. The van der Waals surface area contributed by atoms with Crippen LogP contribution in [-0.2, 0) is 11.3 Å². The summed E-state index contributed by atoms with van der Waals surface area (Å²) in [6.45, 7) is 4.06. The molecule has 3 rings (SSSR count). The Hall–Kier alpha value is -1.95. The Morgan fingerprint density at radius 1 is 1.11 bits per heavy atom. The predicted octanol–water partition coefficient (Wildman–Crippen LogP) is 6.41. The zero-order chi connectivity index (χ0) is 20.3. The van der Waals surface area contributed by atoms with Gasteiger partial charge in [0.2, 0.25) is 0 Å². The van der Waals surface area contributed by atoms with Crippen LogP contribution in [0.4, 0.5) is 4.79 Å². The lowest BCUT2D eigenvalue weighted by Crippen LogP contribution is -2.27. The Kier molecular flexibility index (Phi) is 6.70. The largest absolute Gasteiger partial charge is 0.490 e. The van der Waals surface area contributed by atoms with Crippen molar-refractivity contribution >= 4 is 52.2 Å². The SMILES string of the molecule is CCC(C)Oc1ccccc1C=C1SC(=O)N(Cc2c(Cl)cccc2Cl)C1=O. The van der Waals surface area contributed by atoms with Crippen molar-refractivity contribution in [2.75, 3.05) is 0 Å². The van der Waals surface area contributed by atoms with Crippen molar-refractivity contribution in [3.8, 4) is 5.75 Å². The quantitative estimate of drug-likeness (QED) is 0.491. The van der Waals surface area contributed by atoms with Gasteiger partial charge in [-0.2, -0.15) is 0 Å². The van der Waals surface area contributed by atoms with Gasteiger partial charge in [0.05, 0.1) is 17.6 Å². The maximum absolute atomic E-state index is 12.8. The van der Waals surface area contributed by atoms with E-state index in [-0.39, 0.29) is 23.8 Å². The van der Waals surface area contributed by atoms with Crippen LogP contribution >= 0.6 is 35.0 Å². The summed E-state index contributed by atoms with van der Waals surface area (Å²) in [5.41, 5.74) is 1.30. The number of ether oxygens (including phenoxy) is 1. The van der Waals surface area contributed by atoms with Crippen molar-refractivity contribution in [2.45, 2.75) is 32.9 Å². The van der Waals surface area contributed by atoms with E-state index in [0.717, 1.165) is 28.6 Å². The van der Waals surface area contributed by atoms with Gasteiger partial charge in [-0.3, -0.25) is 14.5 Å². The second-order valence-corrected chi connectivity index (χ2v) is 8.15. The third-order valence-electron chi connectivity index (χ3n) is 4.36. The molecule has 1 saturated heterocycles. The number of rotatable bonds is 6. The molecular formula is C21H19Cl2NO3S. The first-order valence-electron chi connectivity index (χ1n) is 8.84. The summed E-state index contributed by atoms with van der Waals surface area (Å²) >= 11 is 13.3. The minimum atomic E-state index is -0.371. The number of amides is 2. The van der Waals surface area contributed by atoms with Crippen LogP contribution < -0.4 is 4.74 Å². The molecule has 1 aliphatic heterocycles. The summed E-state index contributed by atoms with van der Waals surface area (Å²) in [6.07, 6.45) is 2.60. The second kappa shape index (κ2) is 9.03. The fraction of sp³-hybridized carbons (Fsp3) is 0.238. The summed E-state index contributed by atoms with van der Waals surface area (Å²) in [5, 5.41) is 0.484. The summed E-state index contributed by atoms with van der Waals surface area (Å²) in [4.78, 5) is 26.8. The molecule has 0 aromatic heterocycles. The Balaban J connectivity index is 1.86. The highest BCUT2D eigenvalue weighted by molar-refractivity contribution is 8.18. The fourth-order valence-electron chi connectivity index (χ4n) is 2.63. The highest BCUT2D eigenvalue weighted by atomic mass is 35.5. The second-order valence-electron chi connectivity index (χ2n) is 6.34. The molecule has 0 saturated carbocycles. The van der Waals surface area contributed by atoms with E-state index in [1.807, 2.05) is 38.1 Å². The number of carbonyl (C=O) groups is 2. The van der Waals surface area contributed by atoms with Gasteiger partial charge in [-0.25, -0.2) is 0 Å². The van der Waals surface area contributed by atoms with Crippen LogP contribution in [0.1, 0.15) is 31.4 Å². The number of carbonyl (C=O) groups excluding carboxylic acids is 2. The van der Waals surface area contributed by atoms with Crippen molar-refractivity contribution in [1.82, 2.24) is 4.90 Å². The first kappa shape index (κ1) is 20.8. The average molecular weight is 436 g/mol. The lowest BCUT2D eigenvalue weighted by molar-refractivity contribution is -0.123. The summed E-state index contributed by atoms with van der Waals surface area (Å²) in [7, 11) is 0. The molecule has 1 aliphatic rings. The van der Waals surface area contributed by atoms with Gasteiger partial charge in [0.15, 0.2) is 0 Å². The van der Waals surface area contributed by atoms with Crippen LogP contribution in [0.5, 0.6) is 5.75 Å². The normalized spacial score (nSPS) is 16.7. The average Bonchev–Trinajstić information content (AvgIpc) is 2.93. The molecule has 0 bridgehead atoms. The van der Waals surface area contributed by atoms with E-state index in [4.69, 9.17) is 27.9 Å². The van der Waals surface area contributed by atoms with Crippen LogP contribution in [0.2, 0.25) is 10.0 Å². The molecule has 0 spiro atoms. The van der Waals surface area contributed by atoms with E-state index in [2.05, 4.69) is 0 Å². The molecule has 146 valence electrons. The lowest BCUT2D eigenvalue weighted by atomic mass is 10.1. The monoisotopic (exact) mass is 435 g/mol. The molecule has 2 aromatic rings. The van der Waals surface area contributed by atoms with Crippen LogP contribution in [0.3, 0.4) is 0 Å². The third kappa shape index (κ3) is 4.54. The first-order valence-corrected chi connectivity index (χ1v) is 10.4. The van der Waals surface area contributed by atoms with E-state index in [1.165, 1.54) is 0 Å². The molecule has 4 nitrogen and oxygen atoms in total. The molecule has 2 amide bonds. The number of thioether (sulfide) groups is 1. The van der Waals surface area contributed by atoms with Gasteiger partial charge >= 0.3 is 0 Å². The van der Waals surface area contributed by atoms with Gasteiger partial charge < -0.3 is 4.74 Å². The first-order chi connectivity index (χ1) is 13.4. The molecule has 0 N–H and O–H groups in total. The van der Waals surface area contributed by atoms with Crippen molar-refractivity contribution in [2.24, 2.45) is 0 Å². The molecule has 1 heterocycles. The van der Waals surface area contributed by atoms with E-state index in [9.17, 15) is 9.59 Å². The smallest absolute Gasteiger partial charge is 0.293 e.